The lowest BCUT2D eigenvalue weighted by atomic mass is 10.2. The van der Waals surface area contributed by atoms with E-state index in [0.29, 0.717) is 28.5 Å². The summed E-state index contributed by atoms with van der Waals surface area (Å²) < 4.78 is 3.43. The molecule has 7 nitrogen and oxygen atoms in total. The minimum atomic E-state index is -0.915. The Kier molecular flexibility index (Phi) is 3.74. The Bertz CT molecular complexity index is 1090. The summed E-state index contributed by atoms with van der Waals surface area (Å²) >= 11 is 2.72. The standard InChI is InChI=1S/C16H12N4O3S2/c1-8-18-14-3-2-9(7-20(14)19-8)15(21)17-6-10-4-11-12(24-10)5-13(25-11)16(22)23/h2-5,7H,6H2,1H3,(H,17,21)(H,22,23). The number of pyridine rings is 1. The smallest absolute Gasteiger partial charge is 0.345 e. The van der Waals surface area contributed by atoms with Crippen LogP contribution >= 0.6 is 22.7 Å². The number of hydrogen-bond acceptors (Lipinski definition) is 6. The van der Waals surface area contributed by atoms with Gasteiger partial charge < -0.3 is 10.4 Å². The van der Waals surface area contributed by atoms with Crippen LogP contribution in [0.1, 0.15) is 30.7 Å². The van der Waals surface area contributed by atoms with Gasteiger partial charge in [0.05, 0.1) is 12.1 Å². The molecule has 9 heteroatoms. The van der Waals surface area contributed by atoms with Crippen molar-refractivity contribution in [3.8, 4) is 0 Å². The van der Waals surface area contributed by atoms with Crippen molar-refractivity contribution in [1.29, 1.82) is 0 Å². The number of carboxylic acid groups (broad SMARTS) is 1. The number of hydrogen-bond donors (Lipinski definition) is 2. The lowest BCUT2D eigenvalue weighted by Gasteiger charge is -2.03. The fraction of sp³-hybridized carbons (Fsp3) is 0.125. The molecule has 0 radical (unpaired) electrons. The fourth-order valence-electron chi connectivity index (χ4n) is 2.48. The normalized spacial score (nSPS) is 11.2. The molecule has 0 bridgehead atoms. The second-order valence-corrected chi connectivity index (χ2v) is 7.67. The summed E-state index contributed by atoms with van der Waals surface area (Å²) in [7, 11) is 0. The van der Waals surface area contributed by atoms with Crippen molar-refractivity contribution in [3.63, 3.8) is 0 Å². The van der Waals surface area contributed by atoms with Crippen molar-refractivity contribution >= 4 is 49.6 Å². The van der Waals surface area contributed by atoms with Crippen molar-refractivity contribution in [2.75, 3.05) is 0 Å². The Morgan fingerprint density at radius 3 is 2.80 bits per heavy atom. The molecule has 0 unspecified atom stereocenters. The summed E-state index contributed by atoms with van der Waals surface area (Å²) in [6, 6.07) is 7.05. The summed E-state index contributed by atoms with van der Waals surface area (Å²) in [6.07, 6.45) is 1.65. The van der Waals surface area contributed by atoms with Gasteiger partial charge in [-0.05, 0) is 31.2 Å². The number of carbonyl (C=O) groups excluding carboxylic acids is 1. The highest BCUT2D eigenvalue weighted by Crippen LogP contribution is 2.33. The van der Waals surface area contributed by atoms with Gasteiger partial charge in [0.2, 0.25) is 0 Å². The van der Waals surface area contributed by atoms with E-state index in [1.165, 1.54) is 22.7 Å². The molecular formula is C16H12N4O3S2. The SMILES string of the molecule is Cc1nc2ccc(C(=O)NCc3cc4sc(C(=O)O)cc4s3)cn2n1. The average molecular weight is 372 g/mol. The van der Waals surface area contributed by atoms with Crippen LogP contribution < -0.4 is 5.32 Å². The Hall–Kier alpha value is -2.78. The van der Waals surface area contributed by atoms with Gasteiger partial charge in [0.15, 0.2) is 5.65 Å². The number of thiophene rings is 2. The first kappa shape index (κ1) is 15.7. The minimum absolute atomic E-state index is 0.196. The summed E-state index contributed by atoms with van der Waals surface area (Å²) in [4.78, 5) is 28.8. The maximum atomic E-state index is 12.3. The van der Waals surface area contributed by atoms with Gasteiger partial charge in [-0.3, -0.25) is 4.79 Å². The zero-order valence-corrected chi connectivity index (χ0v) is 14.6. The van der Waals surface area contributed by atoms with Crippen LogP contribution in [0.25, 0.3) is 15.0 Å². The van der Waals surface area contributed by atoms with E-state index >= 15 is 0 Å². The maximum absolute atomic E-state index is 12.3. The maximum Gasteiger partial charge on any atom is 0.345 e. The first-order valence-corrected chi connectivity index (χ1v) is 9.00. The number of nitrogens with zero attached hydrogens (tertiary/aromatic N) is 3. The summed E-state index contributed by atoms with van der Waals surface area (Å²) in [5.41, 5.74) is 1.20. The first-order chi connectivity index (χ1) is 12.0. The van der Waals surface area contributed by atoms with E-state index in [2.05, 4.69) is 15.4 Å². The molecule has 0 aromatic carbocycles. The van der Waals surface area contributed by atoms with E-state index in [1.807, 2.05) is 6.07 Å². The van der Waals surface area contributed by atoms with Gasteiger partial charge in [0, 0.05) is 20.5 Å². The van der Waals surface area contributed by atoms with Gasteiger partial charge in [-0.25, -0.2) is 14.3 Å². The number of rotatable bonds is 4. The van der Waals surface area contributed by atoms with E-state index in [1.54, 1.807) is 35.8 Å². The van der Waals surface area contributed by atoms with Crippen molar-refractivity contribution in [2.45, 2.75) is 13.5 Å². The molecule has 0 spiro atoms. The van der Waals surface area contributed by atoms with Crippen molar-refractivity contribution in [3.05, 3.63) is 51.6 Å². The van der Waals surface area contributed by atoms with E-state index in [0.717, 1.165) is 14.3 Å². The van der Waals surface area contributed by atoms with E-state index in [9.17, 15) is 9.59 Å². The Labute approximate surface area is 149 Å². The van der Waals surface area contributed by atoms with Crippen LogP contribution in [-0.2, 0) is 6.54 Å². The molecule has 4 rings (SSSR count). The number of aromatic carboxylic acids is 1. The Morgan fingerprint density at radius 2 is 2.04 bits per heavy atom. The van der Waals surface area contributed by atoms with Gasteiger partial charge in [-0.1, -0.05) is 0 Å². The molecule has 0 atom stereocenters. The van der Waals surface area contributed by atoms with Crippen molar-refractivity contribution in [1.82, 2.24) is 19.9 Å². The largest absolute Gasteiger partial charge is 0.477 e. The van der Waals surface area contributed by atoms with Gasteiger partial charge in [-0.15, -0.1) is 22.7 Å². The van der Waals surface area contributed by atoms with Crippen LogP contribution in [-0.4, -0.2) is 31.6 Å². The molecule has 126 valence electrons. The van der Waals surface area contributed by atoms with Crippen molar-refractivity contribution < 1.29 is 14.7 Å². The van der Waals surface area contributed by atoms with Gasteiger partial charge in [-0.2, -0.15) is 5.10 Å². The molecule has 0 fully saturated rings. The highest BCUT2D eigenvalue weighted by molar-refractivity contribution is 7.28. The van der Waals surface area contributed by atoms with Crippen LogP contribution in [0.15, 0.2) is 30.5 Å². The molecule has 0 aliphatic heterocycles. The summed E-state index contributed by atoms with van der Waals surface area (Å²) in [6.45, 7) is 2.19. The number of fused-ring (bicyclic) bond motifs is 2. The second kappa shape index (κ2) is 5.94. The number of amides is 1. The number of carbonyl (C=O) groups is 2. The van der Waals surface area contributed by atoms with Crippen molar-refractivity contribution in [2.24, 2.45) is 0 Å². The van der Waals surface area contributed by atoms with Gasteiger partial charge in [0.1, 0.15) is 10.7 Å². The van der Waals surface area contributed by atoms with Gasteiger partial charge >= 0.3 is 5.97 Å². The molecule has 0 aliphatic rings. The predicted octanol–water partition coefficient (Wildman–Crippen LogP) is 2.94. The van der Waals surface area contributed by atoms with E-state index < -0.39 is 5.97 Å². The monoisotopic (exact) mass is 372 g/mol. The number of aryl methyl sites for hydroxylation is 1. The second-order valence-electron chi connectivity index (χ2n) is 5.42. The lowest BCUT2D eigenvalue weighted by molar-refractivity contribution is 0.0702. The topological polar surface area (TPSA) is 96.6 Å². The highest BCUT2D eigenvalue weighted by Gasteiger charge is 2.13. The highest BCUT2D eigenvalue weighted by atomic mass is 32.1. The molecule has 1 amide bonds. The van der Waals surface area contributed by atoms with Crippen LogP contribution in [0.2, 0.25) is 0 Å². The van der Waals surface area contributed by atoms with E-state index in [-0.39, 0.29) is 5.91 Å². The molecule has 4 aromatic rings. The number of carboxylic acids is 1. The van der Waals surface area contributed by atoms with E-state index in [4.69, 9.17) is 5.11 Å². The third-order valence-corrected chi connectivity index (χ3v) is 5.87. The first-order valence-electron chi connectivity index (χ1n) is 7.36. The lowest BCUT2D eigenvalue weighted by Crippen LogP contribution is -2.22. The predicted molar refractivity (Wildman–Crippen MR) is 95.6 cm³/mol. The molecule has 4 heterocycles. The third kappa shape index (κ3) is 2.99. The molecule has 0 aliphatic carbocycles. The molecule has 2 N–H and O–H groups in total. The van der Waals surface area contributed by atoms with Crippen LogP contribution in [0.4, 0.5) is 0 Å². The molecule has 25 heavy (non-hydrogen) atoms. The van der Waals surface area contributed by atoms with Crippen LogP contribution in [0, 0.1) is 6.92 Å². The quantitative estimate of drug-likeness (QED) is 0.574. The summed E-state index contributed by atoms with van der Waals surface area (Å²) in [5, 5.41) is 16.1. The molecule has 0 saturated carbocycles. The molecular weight excluding hydrogens is 360 g/mol. The van der Waals surface area contributed by atoms with Crippen LogP contribution in [0.3, 0.4) is 0 Å². The van der Waals surface area contributed by atoms with Gasteiger partial charge in [0.25, 0.3) is 5.91 Å². The number of nitrogens with one attached hydrogen (secondary N) is 1. The zero-order chi connectivity index (χ0) is 17.6. The molecule has 4 aromatic heterocycles. The summed E-state index contributed by atoms with van der Waals surface area (Å²) in [5.74, 6) is -0.461. The Balaban J connectivity index is 1.48. The molecule has 0 saturated heterocycles. The average Bonchev–Trinajstić information content (AvgIpc) is 3.22. The Morgan fingerprint density at radius 1 is 1.24 bits per heavy atom. The zero-order valence-electron chi connectivity index (χ0n) is 13.0. The van der Waals surface area contributed by atoms with Crippen LogP contribution in [0.5, 0.6) is 0 Å². The minimum Gasteiger partial charge on any atom is -0.477 e. The fourth-order valence-corrected chi connectivity index (χ4v) is 4.68. The number of aromatic nitrogens is 3. The third-order valence-electron chi connectivity index (χ3n) is 3.59.